The SMILES string of the molecule is C[C@H]([C@H](C)CC(C)(C)O)[C@@H]1CC[C@@]2(O)C3=CC(=O)[C@H]4C[C@@H](O)[C@@H](O)C[C@]4(C)[C@H]3CC[C@]12C. The molecule has 5 nitrogen and oxygen atoms in total. The van der Waals surface area contributed by atoms with Gasteiger partial charge in [-0.05, 0) is 99.5 Å². The minimum Gasteiger partial charge on any atom is -0.390 e. The molecular weight excluding hydrogens is 404 g/mol. The largest absolute Gasteiger partial charge is 0.390 e. The van der Waals surface area contributed by atoms with Gasteiger partial charge in [0.1, 0.15) is 0 Å². The molecule has 0 bridgehead atoms. The Labute approximate surface area is 193 Å². The molecule has 4 aliphatic carbocycles. The molecule has 0 aromatic heterocycles. The zero-order chi connectivity index (χ0) is 23.9. The molecule has 4 N–H and O–H groups in total. The number of fused-ring (bicyclic) bond motifs is 5. The number of carbonyl (C=O) groups excluding carboxylic acids is 1. The fraction of sp³-hybridized carbons (Fsp3) is 0.889. The third-order valence-electron chi connectivity index (χ3n) is 10.5. The molecule has 32 heavy (non-hydrogen) atoms. The lowest BCUT2D eigenvalue weighted by atomic mass is 9.45. The molecule has 0 aromatic carbocycles. The van der Waals surface area contributed by atoms with Crippen molar-refractivity contribution in [3.8, 4) is 0 Å². The Morgan fingerprint density at radius 1 is 1.09 bits per heavy atom. The van der Waals surface area contributed by atoms with Crippen molar-refractivity contribution >= 4 is 5.78 Å². The van der Waals surface area contributed by atoms with Gasteiger partial charge in [0.25, 0.3) is 0 Å². The van der Waals surface area contributed by atoms with E-state index in [1.54, 1.807) is 6.08 Å². The average molecular weight is 449 g/mol. The Morgan fingerprint density at radius 3 is 2.38 bits per heavy atom. The van der Waals surface area contributed by atoms with Crippen LogP contribution in [0.25, 0.3) is 0 Å². The van der Waals surface area contributed by atoms with Crippen LogP contribution < -0.4 is 0 Å². The van der Waals surface area contributed by atoms with E-state index in [4.69, 9.17) is 0 Å². The summed E-state index contributed by atoms with van der Waals surface area (Å²) < 4.78 is 0. The van der Waals surface area contributed by atoms with Gasteiger partial charge in [-0.2, -0.15) is 0 Å². The van der Waals surface area contributed by atoms with Crippen molar-refractivity contribution in [2.75, 3.05) is 0 Å². The van der Waals surface area contributed by atoms with Crippen molar-refractivity contribution in [1.29, 1.82) is 0 Å². The Bertz CT molecular complexity index is 798. The van der Waals surface area contributed by atoms with Crippen LogP contribution in [0.1, 0.15) is 86.5 Å². The maximum absolute atomic E-state index is 13.2. The van der Waals surface area contributed by atoms with Crippen LogP contribution in [0.4, 0.5) is 0 Å². The van der Waals surface area contributed by atoms with E-state index in [-0.39, 0.29) is 23.0 Å². The van der Waals surface area contributed by atoms with E-state index in [0.717, 1.165) is 31.3 Å². The predicted octanol–water partition coefficient (Wildman–Crippen LogP) is 3.62. The van der Waals surface area contributed by atoms with E-state index in [0.29, 0.717) is 37.0 Å². The minimum absolute atomic E-state index is 0.00858. The fourth-order valence-electron chi connectivity index (χ4n) is 8.62. The Morgan fingerprint density at radius 2 is 1.75 bits per heavy atom. The number of hydrogen-bond donors (Lipinski definition) is 4. The van der Waals surface area contributed by atoms with Crippen molar-refractivity contribution in [2.45, 2.75) is 110 Å². The molecular formula is C27H44O5. The highest BCUT2D eigenvalue weighted by Gasteiger charge is 2.67. The predicted molar refractivity (Wildman–Crippen MR) is 124 cm³/mol. The maximum atomic E-state index is 13.2. The van der Waals surface area contributed by atoms with Crippen molar-refractivity contribution in [2.24, 2.45) is 40.4 Å². The number of aliphatic hydroxyl groups excluding tert-OH is 2. The number of ketones is 1. The number of hydrogen-bond acceptors (Lipinski definition) is 5. The van der Waals surface area contributed by atoms with Crippen LogP contribution in [-0.2, 0) is 4.79 Å². The summed E-state index contributed by atoms with van der Waals surface area (Å²) in [5.74, 6) is 0.793. The number of aliphatic hydroxyl groups is 4. The van der Waals surface area contributed by atoms with Crippen molar-refractivity contribution in [1.82, 2.24) is 0 Å². The van der Waals surface area contributed by atoms with Gasteiger partial charge in [-0.1, -0.05) is 27.7 Å². The van der Waals surface area contributed by atoms with E-state index in [9.17, 15) is 25.2 Å². The first-order valence-corrected chi connectivity index (χ1v) is 12.7. The van der Waals surface area contributed by atoms with Gasteiger partial charge >= 0.3 is 0 Å². The highest BCUT2D eigenvalue weighted by Crippen LogP contribution is 2.68. The first kappa shape index (κ1) is 24.4. The molecule has 4 aliphatic rings. The van der Waals surface area contributed by atoms with Gasteiger partial charge in [0, 0.05) is 11.3 Å². The van der Waals surface area contributed by atoms with Crippen LogP contribution in [0.3, 0.4) is 0 Å². The third kappa shape index (κ3) is 3.45. The molecule has 0 aliphatic heterocycles. The monoisotopic (exact) mass is 448 g/mol. The first-order valence-electron chi connectivity index (χ1n) is 12.7. The Hall–Kier alpha value is -0.750. The van der Waals surface area contributed by atoms with E-state index in [1.807, 2.05) is 13.8 Å². The lowest BCUT2D eigenvalue weighted by Gasteiger charge is -2.60. The molecule has 0 aromatic rings. The molecule has 182 valence electrons. The van der Waals surface area contributed by atoms with E-state index in [1.165, 1.54) is 0 Å². The van der Waals surface area contributed by atoms with E-state index in [2.05, 4.69) is 27.7 Å². The quantitative estimate of drug-likeness (QED) is 0.527. The van der Waals surface area contributed by atoms with Gasteiger partial charge in [0.2, 0.25) is 0 Å². The van der Waals surface area contributed by atoms with Crippen LogP contribution in [0.5, 0.6) is 0 Å². The zero-order valence-corrected chi connectivity index (χ0v) is 20.8. The Balaban J connectivity index is 1.67. The van der Waals surface area contributed by atoms with Crippen molar-refractivity contribution < 1.29 is 25.2 Å². The van der Waals surface area contributed by atoms with Gasteiger partial charge in [-0.3, -0.25) is 4.79 Å². The maximum Gasteiger partial charge on any atom is 0.159 e. The molecule has 5 heteroatoms. The summed E-state index contributed by atoms with van der Waals surface area (Å²) in [5, 5.41) is 43.3. The second kappa shape index (κ2) is 7.63. The molecule has 0 radical (unpaired) electrons. The van der Waals surface area contributed by atoms with Gasteiger partial charge in [0.15, 0.2) is 5.78 Å². The second-order valence-corrected chi connectivity index (χ2v) is 13.0. The van der Waals surface area contributed by atoms with Crippen molar-refractivity contribution in [3.63, 3.8) is 0 Å². The highest BCUT2D eigenvalue weighted by molar-refractivity contribution is 5.95. The summed E-state index contributed by atoms with van der Waals surface area (Å²) in [6, 6.07) is 0. The van der Waals surface area contributed by atoms with Crippen LogP contribution in [-0.4, -0.2) is 49.6 Å². The summed E-state index contributed by atoms with van der Waals surface area (Å²) in [4.78, 5) is 13.2. The summed E-state index contributed by atoms with van der Waals surface area (Å²) in [7, 11) is 0. The van der Waals surface area contributed by atoms with E-state index < -0.39 is 28.8 Å². The summed E-state index contributed by atoms with van der Waals surface area (Å²) in [6.45, 7) is 12.5. The summed E-state index contributed by atoms with van der Waals surface area (Å²) in [5.41, 5.74) is -1.56. The molecule has 4 rings (SSSR count). The van der Waals surface area contributed by atoms with Gasteiger partial charge in [-0.15, -0.1) is 0 Å². The highest BCUT2D eigenvalue weighted by atomic mass is 16.3. The molecule has 3 fully saturated rings. The van der Waals surface area contributed by atoms with Gasteiger partial charge in [0.05, 0.1) is 23.4 Å². The van der Waals surface area contributed by atoms with Gasteiger partial charge in [-0.25, -0.2) is 0 Å². The lowest BCUT2D eigenvalue weighted by molar-refractivity contribution is -0.154. The summed E-state index contributed by atoms with van der Waals surface area (Å²) >= 11 is 0. The lowest BCUT2D eigenvalue weighted by Crippen LogP contribution is -2.61. The Kier molecular flexibility index (Phi) is 5.81. The second-order valence-electron chi connectivity index (χ2n) is 13.0. The number of carbonyl (C=O) groups is 1. The van der Waals surface area contributed by atoms with Gasteiger partial charge < -0.3 is 20.4 Å². The normalized spacial score (nSPS) is 48.4. The molecule has 0 heterocycles. The number of rotatable bonds is 4. The molecule has 0 unspecified atom stereocenters. The van der Waals surface area contributed by atoms with Crippen LogP contribution >= 0.6 is 0 Å². The van der Waals surface area contributed by atoms with Crippen LogP contribution in [0.2, 0.25) is 0 Å². The molecule has 3 saturated carbocycles. The number of allylic oxidation sites excluding steroid dienone is 1. The smallest absolute Gasteiger partial charge is 0.159 e. The van der Waals surface area contributed by atoms with Crippen LogP contribution in [0.15, 0.2) is 11.6 Å². The molecule has 0 spiro atoms. The topological polar surface area (TPSA) is 98.0 Å². The molecule has 0 saturated heterocycles. The first-order chi connectivity index (χ1) is 14.6. The van der Waals surface area contributed by atoms with E-state index >= 15 is 0 Å². The standard InChI is InChI=1S/C27H44O5/c1-15(13-24(3,4)31)16(2)17-8-10-27(32)19-11-21(28)20-12-22(29)23(30)14-25(20,5)18(19)7-9-26(17,27)6/h11,15-18,20,22-23,29-32H,7-10,12-14H2,1-6H3/t15-,16-,17+,18+,20-,22-,23+,25-,26-,27-/m1/s1. The summed E-state index contributed by atoms with van der Waals surface area (Å²) in [6.07, 6.45) is 4.88. The minimum atomic E-state index is -1.01. The average Bonchev–Trinajstić information content (AvgIpc) is 2.94. The van der Waals surface area contributed by atoms with Crippen LogP contribution in [0, 0.1) is 40.4 Å². The fourth-order valence-corrected chi connectivity index (χ4v) is 8.62. The van der Waals surface area contributed by atoms with Crippen molar-refractivity contribution in [3.05, 3.63) is 11.6 Å². The zero-order valence-electron chi connectivity index (χ0n) is 20.8. The third-order valence-corrected chi connectivity index (χ3v) is 10.5. The molecule has 0 amide bonds. The molecule has 10 atom stereocenters.